The van der Waals surface area contributed by atoms with E-state index >= 15 is 0 Å². The third kappa shape index (κ3) is 4.71. The van der Waals surface area contributed by atoms with Crippen molar-refractivity contribution >= 4 is 21.6 Å². The van der Waals surface area contributed by atoms with Gasteiger partial charge in [-0.3, -0.25) is 0 Å². The molecule has 0 saturated carbocycles. The molecule has 1 aromatic heterocycles. The molecule has 1 rings (SSSR count). The summed E-state index contributed by atoms with van der Waals surface area (Å²) in [5.74, 6) is 0.304. The average molecular weight is 336 g/mol. The number of rotatable bonds is 8. The van der Waals surface area contributed by atoms with Gasteiger partial charge < -0.3 is 9.47 Å². The van der Waals surface area contributed by atoms with Crippen LogP contribution >= 0.6 is 11.6 Å². The van der Waals surface area contributed by atoms with E-state index in [1.807, 2.05) is 37.4 Å². The van der Waals surface area contributed by atoms with E-state index in [0.29, 0.717) is 17.3 Å². The lowest BCUT2D eigenvalue weighted by Crippen LogP contribution is -2.29. The maximum atomic E-state index is 12.6. The molecule has 0 aliphatic rings. The molecule has 0 N–H and O–H groups in total. The minimum atomic E-state index is -3.45. The van der Waals surface area contributed by atoms with Crippen molar-refractivity contribution in [3.63, 3.8) is 0 Å². The van der Waals surface area contributed by atoms with Crippen LogP contribution in [0, 0.1) is 0 Å². The van der Waals surface area contributed by atoms with Crippen molar-refractivity contribution in [2.24, 2.45) is 0 Å². The van der Waals surface area contributed by atoms with Crippen LogP contribution in [0.25, 0.3) is 0 Å². The van der Waals surface area contributed by atoms with Crippen molar-refractivity contribution in [1.29, 1.82) is 0 Å². The molecule has 1 heterocycles. The second kappa shape index (κ2) is 7.63. The van der Waals surface area contributed by atoms with Crippen LogP contribution in [0.4, 0.5) is 0 Å². The molecule has 5 nitrogen and oxygen atoms in total. The zero-order valence-corrected chi connectivity index (χ0v) is 15.1. The van der Waals surface area contributed by atoms with Gasteiger partial charge in [-0.1, -0.05) is 0 Å². The molecule has 0 aliphatic carbocycles. The van der Waals surface area contributed by atoms with Crippen LogP contribution in [-0.2, 0) is 15.9 Å². The molecule has 0 amide bonds. The molecule has 0 atom stereocenters. The number of halogens is 1. The summed E-state index contributed by atoms with van der Waals surface area (Å²) >= 11 is 5.90. The summed E-state index contributed by atoms with van der Waals surface area (Å²) in [5, 5.41) is 0. The number of hydrogen-bond acceptors (Lipinski definition) is 3. The van der Waals surface area contributed by atoms with E-state index in [4.69, 9.17) is 11.6 Å². The molecule has 0 aliphatic heterocycles. The minimum absolute atomic E-state index is 0.182. The van der Waals surface area contributed by atoms with Gasteiger partial charge in [-0.05, 0) is 47.0 Å². The molecule has 0 unspecified atom stereocenters. The molecule has 1 aromatic rings. The Morgan fingerprint density at radius 3 is 2.29 bits per heavy atom. The van der Waals surface area contributed by atoms with Crippen LogP contribution < -0.4 is 0 Å². The zero-order chi connectivity index (χ0) is 16.2. The minimum Gasteiger partial charge on any atom is -0.346 e. The Labute approximate surface area is 133 Å². The standard InChI is InChI=1S/C14H26ClN3O2S/c1-12(2)18-11-14(9-13(18)10-15)21(19,20)17(5)8-6-7-16(3)4/h9,11-12H,6-8,10H2,1-5H3. The molecule has 0 bridgehead atoms. The quantitative estimate of drug-likeness (QED) is 0.685. The second-order valence-corrected chi connectivity index (χ2v) is 8.10. The highest BCUT2D eigenvalue weighted by atomic mass is 35.5. The summed E-state index contributed by atoms with van der Waals surface area (Å²) in [6, 6.07) is 1.85. The lowest BCUT2D eigenvalue weighted by molar-refractivity contribution is 0.370. The Morgan fingerprint density at radius 1 is 1.24 bits per heavy atom. The summed E-state index contributed by atoms with van der Waals surface area (Å²) < 4.78 is 28.5. The van der Waals surface area contributed by atoms with Gasteiger partial charge in [0.05, 0.1) is 5.88 Å². The van der Waals surface area contributed by atoms with Gasteiger partial charge in [0.2, 0.25) is 10.0 Å². The molecule has 122 valence electrons. The van der Waals surface area contributed by atoms with Crippen LogP contribution in [0.5, 0.6) is 0 Å². The monoisotopic (exact) mass is 335 g/mol. The first-order chi connectivity index (χ1) is 9.70. The third-order valence-corrected chi connectivity index (χ3v) is 5.48. The van der Waals surface area contributed by atoms with Crippen LogP contribution in [0.1, 0.15) is 32.0 Å². The van der Waals surface area contributed by atoms with Crippen molar-refractivity contribution in [3.8, 4) is 0 Å². The second-order valence-electron chi connectivity index (χ2n) is 5.79. The smallest absolute Gasteiger partial charge is 0.244 e. The highest BCUT2D eigenvalue weighted by Gasteiger charge is 2.23. The number of nitrogens with zero attached hydrogens (tertiary/aromatic N) is 3. The van der Waals surface area contributed by atoms with Gasteiger partial charge in [0.1, 0.15) is 4.90 Å². The van der Waals surface area contributed by atoms with Gasteiger partial charge in [0, 0.05) is 31.5 Å². The molecule has 0 fully saturated rings. The average Bonchev–Trinajstić information content (AvgIpc) is 2.82. The molecular formula is C14H26ClN3O2S. The van der Waals surface area contributed by atoms with Crippen LogP contribution in [0.15, 0.2) is 17.2 Å². The lowest BCUT2D eigenvalue weighted by atomic mass is 10.4. The van der Waals surface area contributed by atoms with E-state index < -0.39 is 10.0 Å². The largest absolute Gasteiger partial charge is 0.346 e. The molecule has 0 radical (unpaired) electrons. The number of hydrogen-bond donors (Lipinski definition) is 0. The van der Waals surface area contributed by atoms with Crippen LogP contribution in [0.2, 0.25) is 0 Å². The predicted molar refractivity (Wildman–Crippen MR) is 87.4 cm³/mol. The Bertz CT molecular complexity index is 553. The first-order valence-electron chi connectivity index (χ1n) is 7.08. The van der Waals surface area contributed by atoms with Crippen LogP contribution in [-0.4, -0.2) is 56.4 Å². The highest BCUT2D eigenvalue weighted by molar-refractivity contribution is 7.89. The first-order valence-corrected chi connectivity index (χ1v) is 9.05. The van der Waals surface area contributed by atoms with Crippen molar-refractivity contribution < 1.29 is 8.42 Å². The maximum absolute atomic E-state index is 12.6. The third-order valence-electron chi connectivity index (χ3n) is 3.39. The summed E-state index contributed by atoms with van der Waals surface area (Å²) in [6.07, 6.45) is 2.48. The molecule has 7 heteroatoms. The SMILES string of the molecule is CC(C)n1cc(S(=O)(=O)N(C)CCCN(C)C)cc1CCl. The summed E-state index contributed by atoms with van der Waals surface area (Å²) in [7, 11) is 2.13. The Kier molecular flexibility index (Phi) is 6.71. The van der Waals surface area contributed by atoms with Gasteiger partial charge in [-0.2, -0.15) is 0 Å². The highest BCUT2D eigenvalue weighted by Crippen LogP contribution is 2.22. The summed E-state index contributed by atoms with van der Waals surface area (Å²) in [5.41, 5.74) is 0.826. The predicted octanol–water partition coefficient (Wildman–Crippen LogP) is 2.38. The van der Waals surface area contributed by atoms with Gasteiger partial charge in [0.25, 0.3) is 0 Å². The first kappa shape index (κ1) is 18.5. The summed E-state index contributed by atoms with van der Waals surface area (Å²) in [4.78, 5) is 2.36. The van der Waals surface area contributed by atoms with E-state index in [1.165, 1.54) is 4.31 Å². The summed E-state index contributed by atoms with van der Waals surface area (Å²) in [6.45, 7) is 5.38. The van der Waals surface area contributed by atoms with E-state index in [1.54, 1.807) is 19.3 Å². The fourth-order valence-corrected chi connectivity index (χ4v) is 3.61. The topological polar surface area (TPSA) is 45.6 Å². The molecule has 0 aromatic carbocycles. The van der Waals surface area contributed by atoms with E-state index in [2.05, 4.69) is 0 Å². The van der Waals surface area contributed by atoms with Gasteiger partial charge in [0.15, 0.2) is 0 Å². The lowest BCUT2D eigenvalue weighted by Gasteiger charge is -2.17. The van der Waals surface area contributed by atoms with Crippen molar-refractivity contribution in [2.75, 3.05) is 34.2 Å². The molecule has 21 heavy (non-hydrogen) atoms. The Morgan fingerprint density at radius 2 is 1.86 bits per heavy atom. The maximum Gasteiger partial charge on any atom is 0.244 e. The fourth-order valence-electron chi connectivity index (χ4n) is 2.14. The zero-order valence-electron chi connectivity index (χ0n) is 13.5. The van der Waals surface area contributed by atoms with Crippen molar-refractivity contribution in [2.45, 2.75) is 37.1 Å². The molecule has 0 spiro atoms. The normalized spacial score (nSPS) is 12.8. The van der Waals surface area contributed by atoms with Crippen molar-refractivity contribution in [3.05, 3.63) is 18.0 Å². The van der Waals surface area contributed by atoms with E-state index in [0.717, 1.165) is 18.7 Å². The van der Waals surface area contributed by atoms with E-state index in [9.17, 15) is 8.42 Å². The number of aromatic nitrogens is 1. The van der Waals surface area contributed by atoms with Gasteiger partial charge >= 0.3 is 0 Å². The van der Waals surface area contributed by atoms with Crippen LogP contribution in [0.3, 0.4) is 0 Å². The van der Waals surface area contributed by atoms with E-state index in [-0.39, 0.29) is 6.04 Å². The molecular weight excluding hydrogens is 310 g/mol. The van der Waals surface area contributed by atoms with Gasteiger partial charge in [-0.15, -0.1) is 11.6 Å². The number of sulfonamides is 1. The Balaban J connectivity index is 2.92. The number of alkyl halides is 1. The molecule has 0 saturated heterocycles. The van der Waals surface area contributed by atoms with Crippen molar-refractivity contribution in [1.82, 2.24) is 13.8 Å². The fraction of sp³-hybridized carbons (Fsp3) is 0.714. The Hall–Kier alpha value is -0.560. The van der Waals surface area contributed by atoms with Gasteiger partial charge in [-0.25, -0.2) is 12.7 Å².